The van der Waals surface area contributed by atoms with Gasteiger partial charge < -0.3 is 4.74 Å². The van der Waals surface area contributed by atoms with Crippen molar-refractivity contribution in [1.82, 2.24) is 0 Å². The standard InChI is InChI=1S/C12H18O3/c1-3-9(2)11(13)15-12(14)10-7-5-4-6-8-10/h10H,2-8H2,1H3. The Bertz CT molecular complexity index is 262. The number of hydrogen-bond acceptors (Lipinski definition) is 3. The van der Waals surface area contributed by atoms with E-state index in [2.05, 4.69) is 6.58 Å². The summed E-state index contributed by atoms with van der Waals surface area (Å²) in [6.07, 6.45) is 5.52. The molecule has 0 aromatic heterocycles. The maximum absolute atomic E-state index is 11.5. The van der Waals surface area contributed by atoms with Gasteiger partial charge in [-0.15, -0.1) is 0 Å². The van der Waals surface area contributed by atoms with E-state index >= 15 is 0 Å². The molecule has 0 unspecified atom stereocenters. The van der Waals surface area contributed by atoms with Crippen LogP contribution in [0.4, 0.5) is 0 Å². The van der Waals surface area contributed by atoms with Crippen LogP contribution in [0.15, 0.2) is 12.2 Å². The first kappa shape index (κ1) is 12.0. The van der Waals surface area contributed by atoms with Crippen LogP contribution >= 0.6 is 0 Å². The summed E-state index contributed by atoms with van der Waals surface area (Å²) in [4.78, 5) is 22.8. The minimum absolute atomic E-state index is 0.0765. The van der Waals surface area contributed by atoms with Crippen molar-refractivity contribution in [2.45, 2.75) is 45.4 Å². The highest BCUT2D eigenvalue weighted by molar-refractivity contribution is 5.96. The number of ether oxygens (including phenoxy) is 1. The van der Waals surface area contributed by atoms with Gasteiger partial charge in [0, 0.05) is 5.57 Å². The zero-order chi connectivity index (χ0) is 11.3. The quantitative estimate of drug-likeness (QED) is 0.408. The Hall–Kier alpha value is -1.12. The SMILES string of the molecule is C=C(CC)C(=O)OC(=O)C1CCCCC1. The monoisotopic (exact) mass is 210 g/mol. The minimum atomic E-state index is -0.562. The summed E-state index contributed by atoms with van der Waals surface area (Å²) < 4.78 is 4.77. The molecular weight excluding hydrogens is 192 g/mol. The van der Waals surface area contributed by atoms with Crippen LogP contribution in [0, 0.1) is 5.92 Å². The molecule has 0 heterocycles. The summed E-state index contributed by atoms with van der Waals surface area (Å²) in [5.74, 6) is -1.00. The van der Waals surface area contributed by atoms with Gasteiger partial charge in [0.25, 0.3) is 0 Å². The Morgan fingerprint density at radius 2 is 1.87 bits per heavy atom. The third-order valence-electron chi connectivity index (χ3n) is 2.85. The zero-order valence-corrected chi connectivity index (χ0v) is 9.25. The van der Waals surface area contributed by atoms with Gasteiger partial charge in [-0.1, -0.05) is 32.8 Å². The highest BCUT2D eigenvalue weighted by Crippen LogP contribution is 2.24. The molecule has 1 saturated carbocycles. The normalized spacial score (nSPS) is 17.1. The second-order valence-electron chi connectivity index (χ2n) is 4.00. The average Bonchev–Trinajstić information content (AvgIpc) is 2.29. The molecular formula is C12H18O3. The van der Waals surface area contributed by atoms with Crippen molar-refractivity contribution in [2.75, 3.05) is 0 Å². The van der Waals surface area contributed by atoms with Crippen molar-refractivity contribution in [1.29, 1.82) is 0 Å². The molecule has 1 aliphatic carbocycles. The molecule has 0 amide bonds. The molecule has 0 radical (unpaired) electrons. The number of carbonyl (C=O) groups excluding carboxylic acids is 2. The first-order valence-electron chi connectivity index (χ1n) is 5.59. The molecule has 0 aliphatic heterocycles. The lowest BCUT2D eigenvalue weighted by atomic mass is 9.89. The molecule has 84 valence electrons. The second-order valence-corrected chi connectivity index (χ2v) is 4.00. The number of hydrogen-bond donors (Lipinski definition) is 0. The van der Waals surface area contributed by atoms with Crippen molar-refractivity contribution in [3.63, 3.8) is 0 Å². The summed E-state index contributed by atoms with van der Waals surface area (Å²) in [5.41, 5.74) is 0.360. The van der Waals surface area contributed by atoms with Crippen molar-refractivity contribution in [2.24, 2.45) is 5.92 Å². The summed E-state index contributed by atoms with van der Waals surface area (Å²) in [5, 5.41) is 0. The number of rotatable bonds is 3. The van der Waals surface area contributed by atoms with E-state index in [0.717, 1.165) is 25.7 Å². The lowest BCUT2D eigenvalue weighted by molar-refractivity contribution is -0.160. The molecule has 3 nitrogen and oxygen atoms in total. The van der Waals surface area contributed by atoms with E-state index in [1.54, 1.807) is 0 Å². The molecule has 0 saturated heterocycles. The Labute approximate surface area is 90.5 Å². The van der Waals surface area contributed by atoms with Crippen molar-refractivity contribution in [3.8, 4) is 0 Å². The van der Waals surface area contributed by atoms with Gasteiger partial charge in [-0.05, 0) is 19.3 Å². The molecule has 0 spiro atoms. The predicted octanol–water partition coefficient (Wildman–Crippen LogP) is 2.60. The van der Waals surface area contributed by atoms with E-state index in [4.69, 9.17) is 4.74 Å². The minimum Gasteiger partial charge on any atom is -0.389 e. The molecule has 3 heteroatoms. The first-order valence-corrected chi connectivity index (χ1v) is 5.59. The van der Waals surface area contributed by atoms with Gasteiger partial charge in [-0.25, -0.2) is 4.79 Å². The maximum Gasteiger partial charge on any atom is 0.341 e. The van der Waals surface area contributed by atoms with Gasteiger partial charge in [0.2, 0.25) is 0 Å². The summed E-state index contributed by atoms with van der Waals surface area (Å²) in [7, 11) is 0. The van der Waals surface area contributed by atoms with Gasteiger partial charge in [0.15, 0.2) is 0 Å². The Kier molecular flexibility index (Phi) is 4.53. The molecule has 0 aromatic rings. The third-order valence-corrected chi connectivity index (χ3v) is 2.85. The lowest BCUT2D eigenvalue weighted by Crippen LogP contribution is -2.23. The van der Waals surface area contributed by atoms with Gasteiger partial charge in [0.05, 0.1) is 5.92 Å². The van der Waals surface area contributed by atoms with Crippen molar-refractivity contribution in [3.05, 3.63) is 12.2 Å². The largest absolute Gasteiger partial charge is 0.389 e. The molecule has 1 aliphatic rings. The van der Waals surface area contributed by atoms with Crippen molar-refractivity contribution >= 4 is 11.9 Å². The lowest BCUT2D eigenvalue weighted by Gasteiger charge is -2.19. The highest BCUT2D eigenvalue weighted by atomic mass is 16.6. The Morgan fingerprint density at radius 3 is 2.40 bits per heavy atom. The third kappa shape index (κ3) is 3.50. The molecule has 0 atom stereocenters. The summed E-state index contributed by atoms with van der Waals surface area (Å²) >= 11 is 0. The Morgan fingerprint density at radius 1 is 1.27 bits per heavy atom. The fraction of sp³-hybridized carbons (Fsp3) is 0.667. The molecule has 1 fully saturated rings. The molecule has 0 bridgehead atoms. The topological polar surface area (TPSA) is 43.4 Å². The second kappa shape index (κ2) is 5.69. The maximum atomic E-state index is 11.5. The van der Waals surface area contributed by atoms with Crippen LogP contribution in [-0.2, 0) is 14.3 Å². The van der Waals surface area contributed by atoms with E-state index in [1.807, 2.05) is 6.92 Å². The van der Waals surface area contributed by atoms with E-state index < -0.39 is 5.97 Å². The van der Waals surface area contributed by atoms with E-state index in [1.165, 1.54) is 6.42 Å². The van der Waals surface area contributed by atoms with Crippen LogP contribution in [0.25, 0.3) is 0 Å². The fourth-order valence-corrected chi connectivity index (χ4v) is 1.73. The first-order chi connectivity index (χ1) is 7.15. The van der Waals surface area contributed by atoms with E-state index in [-0.39, 0.29) is 11.9 Å². The smallest absolute Gasteiger partial charge is 0.341 e. The number of esters is 2. The highest BCUT2D eigenvalue weighted by Gasteiger charge is 2.24. The molecule has 0 aromatic carbocycles. The van der Waals surface area contributed by atoms with Crippen LogP contribution in [0.3, 0.4) is 0 Å². The van der Waals surface area contributed by atoms with Crippen LogP contribution in [0.1, 0.15) is 45.4 Å². The van der Waals surface area contributed by atoms with E-state index in [9.17, 15) is 9.59 Å². The van der Waals surface area contributed by atoms with Gasteiger partial charge in [0.1, 0.15) is 0 Å². The molecule has 0 N–H and O–H groups in total. The predicted molar refractivity (Wildman–Crippen MR) is 57.1 cm³/mol. The Balaban J connectivity index is 2.40. The molecule has 15 heavy (non-hydrogen) atoms. The van der Waals surface area contributed by atoms with Crippen LogP contribution < -0.4 is 0 Å². The average molecular weight is 210 g/mol. The van der Waals surface area contributed by atoms with Gasteiger partial charge in [-0.2, -0.15) is 0 Å². The van der Waals surface area contributed by atoms with Crippen LogP contribution in [-0.4, -0.2) is 11.9 Å². The van der Waals surface area contributed by atoms with E-state index in [0.29, 0.717) is 12.0 Å². The fourth-order valence-electron chi connectivity index (χ4n) is 1.73. The van der Waals surface area contributed by atoms with Crippen molar-refractivity contribution < 1.29 is 14.3 Å². The summed E-state index contributed by atoms with van der Waals surface area (Å²) in [6.45, 7) is 5.36. The van der Waals surface area contributed by atoms with Crippen LogP contribution in [0.5, 0.6) is 0 Å². The van der Waals surface area contributed by atoms with Gasteiger partial charge >= 0.3 is 11.9 Å². The molecule has 1 rings (SSSR count). The zero-order valence-electron chi connectivity index (χ0n) is 9.25. The number of carbonyl (C=O) groups is 2. The summed E-state index contributed by atoms with van der Waals surface area (Å²) in [6, 6.07) is 0. The van der Waals surface area contributed by atoms with Crippen LogP contribution in [0.2, 0.25) is 0 Å². The van der Waals surface area contributed by atoms with Gasteiger partial charge in [-0.3, -0.25) is 4.79 Å².